The number of hydrogen-bond acceptors (Lipinski definition) is 12. The summed E-state index contributed by atoms with van der Waals surface area (Å²) in [7, 11) is 1.54. The van der Waals surface area contributed by atoms with Gasteiger partial charge in [0.1, 0.15) is 36.0 Å². The number of ether oxygens (including phenoxy) is 5. The van der Waals surface area contributed by atoms with Gasteiger partial charge in [-0.25, -0.2) is 9.59 Å². The number of azide groups is 1. The summed E-state index contributed by atoms with van der Waals surface area (Å²) >= 11 is 1.09. The van der Waals surface area contributed by atoms with Crippen LogP contribution < -0.4 is 10.5 Å². The minimum Gasteiger partial charge on any atom is -0.497 e. The zero-order valence-corrected chi connectivity index (χ0v) is 34.6. The SMILES string of the molecule is COc1ccc(CO[C@H]2[C@H](OC(=O)[C@@H]3CCCN3C(=O)OCC3c4ccccc4-c4ccccc43)[C@@H](N3C(=O)c4ccccc4C3=O)[C@H](SCCC(N)=O)O[C@@H]2CN=[N+]=[N-])cc1. The Bertz CT molecular complexity index is 2330. The second-order valence-corrected chi connectivity index (χ2v) is 16.4. The molecular weight excluding hydrogens is 817 g/mol. The molecular formula is C45H44N6O10S. The first-order valence-electron chi connectivity index (χ1n) is 20.3. The first kappa shape index (κ1) is 42.3. The number of methoxy groups -OCH3 is 1. The van der Waals surface area contributed by atoms with E-state index >= 15 is 0 Å². The van der Waals surface area contributed by atoms with Gasteiger partial charge in [0.2, 0.25) is 5.91 Å². The minimum atomic E-state index is -1.42. The Labute approximate surface area is 361 Å². The van der Waals surface area contributed by atoms with E-state index in [2.05, 4.69) is 10.0 Å². The van der Waals surface area contributed by atoms with Crippen LogP contribution in [0.5, 0.6) is 5.75 Å². The van der Waals surface area contributed by atoms with Crippen LogP contribution >= 0.6 is 11.8 Å². The molecule has 0 saturated carbocycles. The zero-order valence-electron chi connectivity index (χ0n) is 33.7. The molecule has 3 heterocycles. The van der Waals surface area contributed by atoms with E-state index in [1.807, 2.05) is 48.5 Å². The van der Waals surface area contributed by atoms with Gasteiger partial charge in [-0.3, -0.25) is 24.2 Å². The van der Waals surface area contributed by atoms with Gasteiger partial charge >= 0.3 is 12.1 Å². The molecule has 4 amide bonds. The Morgan fingerprint density at radius 2 is 1.52 bits per heavy atom. The number of benzene rings is 4. The lowest BCUT2D eigenvalue weighted by Crippen LogP contribution is -2.66. The number of fused-ring (bicyclic) bond motifs is 4. The highest BCUT2D eigenvalue weighted by atomic mass is 32.2. The van der Waals surface area contributed by atoms with Crippen LogP contribution in [0.4, 0.5) is 4.79 Å². The molecule has 2 fully saturated rings. The maximum Gasteiger partial charge on any atom is 0.410 e. The highest BCUT2D eigenvalue weighted by molar-refractivity contribution is 7.99. The second kappa shape index (κ2) is 18.7. The third-order valence-electron chi connectivity index (χ3n) is 11.6. The molecule has 62 heavy (non-hydrogen) atoms. The number of nitrogens with zero attached hydrogens (tertiary/aromatic N) is 5. The quantitative estimate of drug-likeness (QED) is 0.0466. The Hall–Kier alpha value is -6.39. The fraction of sp³-hybridized carbons (Fsp3) is 0.356. The van der Waals surface area contributed by atoms with Crippen molar-refractivity contribution in [2.45, 2.75) is 67.6 Å². The van der Waals surface area contributed by atoms with Gasteiger partial charge < -0.3 is 29.4 Å². The highest BCUT2D eigenvalue weighted by Crippen LogP contribution is 2.45. The van der Waals surface area contributed by atoms with Crippen LogP contribution in [0.25, 0.3) is 21.6 Å². The van der Waals surface area contributed by atoms with Crippen molar-refractivity contribution in [3.05, 3.63) is 135 Å². The number of likely N-dealkylation sites (tertiary alicyclic amines) is 1. The molecule has 4 aromatic rings. The smallest absolute Gasteiger partial charge is 0.410 e. The second-order valence-electron chi connectivity index (χ2n) is 15.2. The lowest BCUT2D eigenvalue weighted by atomic mass is 9.95. The summed E-state index contributed by atoms with van der Waals surface area (Å²) in [6.45, 7) is -0.0780. The van der Waals surface area contributed by atoms with Gasteiger partial charge in [0.25, 0.3) is 11.8 Å². The van der Waals surface area contributed by atoms with Crippen molar-refractivity contribution >= 4 is 41.5 Å². The Balaban J connectivity index is 1.11. The molecule has 6 atom stereocenters. The van der Waals surface area contributed by atoms with E-state index in [-0.39, 0.29) is 61.9 Å². The van der Waals surface area contributed by atoms with Gasteiger partial charge in [0.05, 0.1) is 37.5 Å². The van der Waals surface area contributed by atoms with Crippen molar-refractivity contribution in [2.75, 3.05) is 32.6 Å². The monoisotopic (exact) mass is 860 g/mol. The average molecular weight is 861 g/mol. The summed E-state index contributed by atoms with van der Waals surface area (Å²) in [5.41, 5.74) is 19.0. The van der Waals surface area contributed by atoms with Gasteiger partial charge in [-0.1, -0.05) is 77.9 Å². The summed E-state index contributed by atoms with van der Waals surface area (Å²) in [6.07, 6.45) is -3.75. The molecule has 0 radical (unpaired) electrons. The first-order valence-corrected chi connectivity index (χ1v) is 21.3. The van der Waals surface area contributed by atoms with Crippen molar-refractivity contribution in [3.8, 4) is 16.9 Å². The molecule has 8 rings (SSSR count). The van der Waals surface area contributed by atoms with Gasteiger partial charge in [0.15, 0.2) is 6.10 Å². The summed E-state index contributed by atoms with van der Waals surface area (Å²) < 4.78 is 30.8. The van der Waals surface area contributed by atoms with E-state index in [0.717, 1.165) is 38.9 Å². The van der Waals surface area contributed by atoms with Crippen LogP contribution in [0, 0.1) is 0 Å². The third kappa shape index (κ3) is 8.44. The van der Waals surface area contributed by atoms with Crippen molar-refractivity contribution < 1.29 is 47.7 Å². The molecule has 3 aliphatic heterocycles. The summed E-state index contributed by atoms with van der Waals surface area (Å²) in [6, 6.07) is 26.9. The van der Waals surface area contributed by atoms with Gasteiger partial charge in [-0.05, 0) is 70.5 Å². The van der Waals surface area contributed by atoms with Crippen molar-refractivity contribution in [1.82, 2.24) is 9.80 Å². The molecule has 17 heteroatoms. The number of rotatable bonds is 15. The van der Waals surface area contributed by atoms with Crippen LogP contribution in [0.1, 0.15) is 62.6 Å². The molecule has 0 spiro atoms. The summed E-state index contributed by atoms with van der Waals surface area (Å²) in [5, 5.41) is 3.78. The Kier molecular flexibility index (Phi) is 12.8. The maximum absolute atomic E-state index is 14.7. The van der Waals surface area contributed by atoms with E-state index in [4.69, 9.17) is 29.4 Å². The molecule has 2 N–H and O–H groups in total. The van der Waals surface area contributed by atoms with Crippen LogP contribution in [0.2, 0.25) is 0 Å². The molecule has 0 unspecified atom stereocenters. The number of amides is 4. The molecule has 0 aromatic heterocycles. The Morgan fingerprint density at radius 1 is 0.887 bits per heavy atom. The predicted octanol–water partition coefficient (Wildman–Crippen LogP) is 6.21. The minimum absolute atomic E-state index is 0.0411. The van der Waals surface area contributed by atoms with E-state index in [9.17, 15) is 29.5 Å². The first-order chi connectivity index (χ1) is 30.2. The number of carbonyl (C=O) groups is 5. The maximum atomic E-state index is 14.7. The van der Waals surface area contributed by atoms with Crippen LogP contribution in [-0.2, 0) is 35.1 Å². The van der Waals surface area contributed by atoms with Gasteiger partial charge in [-0.2, -0.15) is 0 Å². The van der Waals surface area contributed by atoms with Crippen LogP contribution in [0.15, 0.2) is 102 Å². The number of primary amides is 1. The van der Waals surface area contributed by atoms with E-state index in [1.54, 1.807) is 43.5 Å². The van der Waals surface area contributed by atoms with Crippen LogP contribution in [-0.4, -0.2) is 108 Å². The topological polar surface area (TPSA) is 213 Å². The van der Waals surface area contributed by atoms with Crippen molar-refractivity contribution in [2.24, 2.45) is 10.8 Å². The predicted molar refractivity (Wildman–Crippen MR) is 226 cm³/mol. The molecule has 320 valence electrons. The summed E-state index contributed by atoms with van der Waals surface area (Å²) in [4.78, 5) is 74.2. The molecule has 2 saturated heterocycles. The third-order valence-corrected chi connectivity index (χ3v) is 12.8. The number of carbonyl (C=O) groups excluding carboxylic acids is 5. The van der Waals surface area contributed by atoms with Crippen molar-refractivity contribution in [1.29, 1.82) is 0 Å². The molecule has 0 bridgehead atoms. The zero-order chi connectivity index (χ0) is 43.3. The summed E-state index contributed by atoms with van der Waals surface area (Å²) in [5.74, 6) is -2.18. The molecule has 1 aliphatic carbocycles. The number of imide groups is 1. The number of hydrogen-bond donors (Lipinski definition) is 1. The van der Waals surface area contributed by atoms with Crippen LogP contribution in [0.3, 0.4) is 0 Å². The van der Waals surface area contributed by atoms with E-state index in [1.165, 1.54) is 17.0 Å². The molecule has 16 nitrogen and oxygen atoms in total. The Morgan fingerprint density at radius 3 is 2.13 bits per heavy atom. The largest absolute Gasteiger partial charge is 0.497 e. The fourth-order valence-corrected chi connectivity index (χ4v) is 9.94. The highest BCUT2D eigenvalue weighted by Gasteiger charge is 2.56. The lowest BCUT2D eigenvalue weighted by molar-refractivity contribution is -0.211. The molecule has 4 aromatic carbocycles. The fourth-order valence-electron chi connectivity index (χ4n) is 8.69. The molecule has 4 aliphatic rings. The number of thioether (sulfide) groups is 1. The lowest BCUT2D eigenvalue weighted by Gasteiger charge is -2.48. The normalized spacial score (nSPS) is 22.7. The average Bonchev–Trinajstić information content (AvgIpc) is 3.98. The van der Waals surface area contributed by atoms with Gasteiger partial charge in [0, 0.05) is 29.5 Å². The number of nitrogens with two attached hydrogens (primary N) is 1. The number of esters is 1. The van der Waals surface area contributed by atoms with Gasteiger partial charge in [-0.15, -0.1) is 11.8 Å². The standard InChI is InChI=1S/C45H44N6O10S/c1-57-27-18-16-26(17-19-27)24-58-39-36(23-48-49-47)60-44(62-22-20-37(46)52)38(51-41(53)32-13-6-7-14-33(32)42(51)54)40(39)61-43(55)35-15-8-21-50(35)45(56)59-25-34-30-11-4-2-9-28(30)29-10-3-5-12-31(29)34/h2-7,9-14,16-19,34-36,38-40,44H,8,15,20-25H2,1H3,(H2,46,52)/t35-,36+,38+,39+,40+,44-/m0/s1. The van der Waals surface area contributed by atoms with E-state index < -0.39 is 65.6 Å². The van der Waals surface area contributed by atoms with Crippen molar-refractivity contribution in [3.63, 3.8) is 0 Å². The van der Waals surface area contributed by atoms with E-state index in [0.29, 0.717) is 17.7 Å².